The molecule has 0 atom stereocenters. The summed E-state index contributed by atoms with van der Waals surface area (Å²) in [6.45, 7) is 2.19. The second-order valence-electron chi connectivity index (χ2n) is 5.48. The molecule has 0 aliphatic carbocycles. The molecule has 0 radical (unpaired) electrons. The first-order chi connectivity index (χ1) is 12.0. The lowest BCUT2D eigenvalue weighted by molar-refractivity contribution is -0.137. The first kappa shape index (κ1) is 19.1. The molecule has 25 heavy (non-hydrogen) atoms. The minimum atomic E-state index is -0.871. The quantitative estimate of drug-likeness (QED) is 0.671. The summed E-state index contributed by atoms with van der Waals surface area (Å²) in [4.78, 5) is 10.6. The maximum absolute atomic E-state index is 13.5. The Morgan fingerprint density at radius 1 is 1.20 bits per heavy atom. The summed E-state index contributed by atoms with van der Waals surface area (Å²) >= 11 is 6.23. The number of hydrogen-bond acceptors (Lipinski definition) is 3. The maximum atomic E-state index is 13.5. The first-order valence-corrected chi connectivity index (χ1v) is 8.35. The zero-order valence-electron chi connectivity index (χ0n) is 14.1. The summed E-state index contributed by atoms with van der Waals surface area (Å²) in [6, 6.07) is 7.99. The van der Waals surface area contributed by atoms with Crippen LogP contribution in [0.2, 0.25) is 5.02 Å². The topological polar surface area (TPSA) is 55.8 Å². The van der Waals surface area contributed by atoms with Crippen molar-refractivity contribution in [3.8, 4) is 22.6 Å². The lowest BCUT2D eigenvalue weighted by atomic mass is 9.97. The van der Waals surface area contributed by atoms with Crippen LogP contribution in [0.5, 0.6) is 11.5 Å². The monoisotopic (exact) mass is 366 g/mol. The lowest BCUT2D eigenvalue weighted by Gasteiger charge is -2.16. The van der Waals surface area contributed by atoms with Crippen LogP contribution >= 0.6 is 11.6 Å². The van der Waals surface area contributed by atoms with Gasteiger partial charge in [0, 0.05) is 18.1 Å². The highest BCUT2D eigenvalue weighted by Gasteiger charge is 2.15. The maximum Gasteiger partial charge on any atom is 0.303 e. The number of hydrogen-bond donors (Lipinski definition) is 1. The Bertz CT molecular complexity index is 761. The molecule has 0 heterocycles. The average molecular weight is 367 g/mol. The normalized spacial score (nSPS) is 10.6. The van der Waals surface area contributed by atoms with Crippen molar-refractivity contribution in [1.29, 1.82) is 0 Å². The molecule has 4 nitrogen and oxygen atoms in total. The molecule has 0 spiro atoms. The van der Waals surface area contributed by atoms with Crippen molar-refractivity contribution >= 4 is 17.6 Å². The van der Waals surface area contributed by atoms with Gasteiger partial charge in [0.05, 0.1) is 18.7 Å². The number of halogens is 2. The van der Waals surface area contributed by atoms with Gasteiger partial charge in [-0.05, 0) is 42.2 Å². The van der Waals surface area contributed by atoms with Crippen molar-refractivity contribution in [3.05, 3.63) is 46.7 Å². The summed E-state index contributed by atoms with van der Waals surface area (Å²) in [5.41, 5.74) is 2.43. The van der Waals surface area contributed by atoms with Gasteiger partial charge in [0.25, 0.3) is 0 Å². The molecule has 0 fully saturated rings. The van der Waals surface area contributed by atoms with Crippen LogP contribution in [0.4, 0.5) is 4.39 Å². The summed E-state index contributed by atoms with van der Waals surface area (Å²) < 4.78 is 24.6. The third kappa shape index (κ3) is 4.86. The fraction of sp³-hybridized carbons (Fsp3) is 0.316. The SMILES string of the molecule is CCc1cc(F)ccc1-c1cc(OCCCC(=O)O)c(Cl)cc1OC. The average Bonchev–Trinajstić information content (AvgIpc) is 2.59. The molecule has 1 N–H and O–H groups in total. The van der Waals surface area contributed by atoms with Crippen molar-refractivity contribution in [2.24, 2.45) is 0 Å². The van der Waals surface area contributed by atoms with Gasteiger partial charge in [-0.3, -0.25) is 4.79 Å². The molecule has 2 rings (SSSR count). The minimum Gasteiger partial charge on any atom is -0.496 e. The van der Waals surface area contributed by atoms with Gasteiger partial charge in [-0.25, -0.2) is 4.39 Å². The van der Waals surface area contributed by atoms with E-state index >= 15 is 0 Å². The van der Waals surface area contributed by atoms with Crippen LogP contribution in [0.3, 0.4) is 0 Å². The fourth-order valence-electron chi connectivity index (χ4n) is 2.55. The standard InChI is InChI=1S/C19H20ClFO4/c1-3-12-9-13(21)6-7-14(12)15-10-18(16(20)11-17(15)24-2)25-8-4-5-19(22)23/h6-7,9-11H,3-5,8H2,1-2H3,(H,22,23). The van der Waals surface area contributed by atoms with Gasteiger partial charge in [-0.2, -0.15) is 0 Å². The Labute approximate surface area is 151 Å². The lowest BCUT2D eigenvalue weighted by Crippen LogP contribution is -2.03. The molecule has 0 bridgehead atoms. The molecule has 134 valence electrons. The summed E-state index contributed by atoms with van der Waals surface area (Å²) in [5.74, 6) is -0.166. The van der Waals surface area contributed by atoms with E-state index < -0.39 is 5.97 Å². The van der Waals surface area contributed by atoms with Gasteiger partial charge >= 0.3 is 5.97 Å². The third-order valence-corrected chi connectivity index (χ3v) is 4.08. The van der Waals surface area contributed by atoms with Gasteiger partial charge in [0.15, 0.2) is 0 Å². The molecule has 0 saturated carbocycles. The highest BCUT2D eigenvalue weighted by molar-refractivity contribution is 6.32. The highest BCUT2D eigenvalue weighted by atomic mass is 35.5. The van der Waals surface area contributed by atoms with E-state index in [1.165, 1.54) is 19.2 Å². The second kappa shape index (κ2) is 8.72. The van der Waals surface area contributed by atoms with Crippen molar-refractivity contribution in [1.82, 2.24) is 0 Å². The van der Waals surface area contributed by atoms with E-state index in [0.29, 0.717) is 29.4 Å². The molecular weight excluding hydrogens is 347 g/mol. The van der Waals surface area contributed by atoms with Crippen LogP contribution in [0.25, 0.3) is 11.1 Å². The largest absolute Gasteiger partial charge is 0.496 e. The highest BCUT2D eigenvalue weighted by Crippen LogP contribution is 2.40. The summed E-state index contributed by atoms with van der Waals surface area (Å²) in [7, 11) is 1.54. The Morgan fingerprint density at radius 2 is 1.96 bits per heavy atom. The summed E-state index contributed by atoms with van der Waals surface area (Å²) in [5, 5.41) is 9.05. The molecular formula is C19H20ClFO4. The predicted molar refractivity (Wildman–Crippen MR) is 95.1 cm³/mol. The Balaban J connectivity index is 2.37. The van der Waals surface area contributed by atoms with Gasteiger partial charge in [0.1, 0.15) is 17.3 Å². The molecule has 2 aromatic carbocycles. The number of benzene rings is 2. The van der Waals surface area contributed by atoms with E-state index in [9.17, 15) is 9.18 Å². The van der Waals surface area contributed by atoms with Crippen molar-refractivity contribution in [2.75, 3.05) is 13.7 Å². The van der Waals surface area contributed by atoms with Crippen molar-refractivity contribution < 1.29 is 23.8 Å². The van der Waals surface area contributed by atoms with Gasteiger partial charge in [-0.1, -0.05) is 24.6 Å². The number of rotatable bonds is 8. The van der Waals surface area contributed by atoms with Crippen LogP contribution in [0, 0.1) is 5.82 Å². The van der Waals surface area contributed by atoms with Gasteiger partial charge in [0.2, 0.25) is 0 Å². The van der Waals surface area contributed by atoms with E-state index in [-0.39, 0.29) is 18.8 Å². The van der Waals surface area contributed by atoms with E-state index in [2.05, 4.69) is 0 Å². The van der Waals surface area contributed by atoms with Gasteiger partial charge in [-0.15, -0.1) is 0 Å². The van der Waals surface area contributed by atoms with Crippen LogP contribution in [0.1, 0.15) is 25.3 Å². The number of ether oxygens (including phenoxy) is 2. The fourth-order valence-corrected chi connectivity index (χ4v) is 2.76. The zero-order valence-corrected chi connectivity index (χ0v) is 14.9. The van der Waals surface area contributed by atoms with Gasteiger partial charge < -0.3 is 14.6 Å². The Hall–Kier alpha value is -2.27. The second-order valence-corrected chi connectivity index (χ2v) is 5.89. The van der Waals surface area contributed by atoms with Crippen LogP contribution in [-0.2, 0) is 11.2 Å². The van der Waals surface area contributed by atoms with Crippen molar-refractivity contribution in [2.45, 2.75) is 26.2 Å². The van der Waals surface area contributed by atoms with E-state index in [0.717, 1.165) is 16.7 Å². The van der Waals surface area contributed by atoms with Crippen LogP contribution in [-0.4, -0.2) is 24.8 Å². The number of carbonyl (C=O) groups is 1. The van der Waals surface area contributed by atoms with E-state index in [1.807, 2.05) is 6.92 Å². The number of aliphatic carboxylic acids is 1. The Morgan fingerprint density at radius 3 is 2.60 bits per heavy atom. The molecule has 0 aliphatic heterocycles. The third-order valence-electron chi connectivity index (χ3n) is 3.78. The molecule has 2 aromatic rings. The van der Waals surface area contributed by atoms with Crippen molar-refractivity contribution in [3.63, 3.8) is 0 Å². The number of aryl methyl sites for hydroxylation is 1. The van der Waals surface area contributed by atoms with E-state index in [1.54, 1.807) is 18.2 Å². The first-order valence-electron chi connectivity index (χ1n) is 7.97. The van der Waals surface area contributed by atoms with Crippen LogP contribution in [0.15, 0.2) is 30.3 Å². The smallest absolute Gasteiger partial charge is 0.303 e. The number of methoxy groups -OCH3 is 1. The molecule has 0 unspecified atom stereocenters. The molecule has 0 aromatic heterocycles. The molecule has 0 amide bonds. The minimum absolute atomic E-state index is 0.0264. The van der Waals surface area contributed by atoms with E-state index in [4.69, 9.17) is 26.2 Å². The van der Waals surface area contributed by atoms with Crippen LogP contribution < -0.4 is 9.47 Å². The summed E-state index contributed by atoms with van der Waals surface area (Å²) in [6.07, 6.45) is 1.07. The molecule has 0 saturated heterocycles. The number of carboxylic acid groups (broad SMARTS) is 1. The predicted octanol–water partition coefficient (Wildman–Crippen LogP) is 4.96. The molecule has 0 aliphatic rings. The number of carboxylic acids is 1. The Kier molecular flexibility index (Phi) is 6.65. The molecule has 6 heteroatoms. The zero-order chi connectivity index (χ0) is 18.4.